The molecule has 0 spiro atoms. The van der Waals surface area contributed by atoms with E-state index in [-0.39, 0.29) is 0 Å². The number of halogens is 2. The lowest BCUT2D eigenvalue weighted by atomic mass is 9.96. The molecular weight excluding hydrogens is 198 g/mol. The average Bonchev–Trinajstić information content (AvgIpc) is 2.16. The Bertz CT molecular complexity index is 297. The van der Waals surface area contributed by atoms with Crippen molar-refractivity contribution < 1.29 is 8.22 Å². The Balaban J connectivity index is 3.06. The Kier molecular flexibility index (Phi) is 3.81. The van der Waals surface area contributed by atoms with Crippen molar-refractivity contribution in [2.45, 2.75) is 32.2 Å². The van der Waals surface area contributed by atoms with Crippen molar-refractivity contribution in [3.05, 3.63) is 35.4 Å². The maximum absolute atomic E-state index is 12.7. The van der Waals surface area contributed by atoms with Crippen molar-refractivity contribution in [1.29, 1.82) is 0 Å². The van der Waals surface area contributed by atoms with E-state index in [9.17, 15) is 8.22 Å². The smallest absolute Gasteiger partial charge is 0.267 e. The van der Waals surface area contributed by atoms with Crippen LogP contribution in [-0.2, 0) is 0 Å². The van der Waals surface area contributed by atoms with Gasteiger partial charge in [-0.25, -0.2) is 0 Å². The fourth-order valence-electron chi connectivity index (χ4n) is 1.55. The van der Waals surface area contributed by atoms with Crippen LogP contribution < -0.4 is 0 Å². The summed E-state index contributed by atoms with van der Waals surface area (Å²) in [5.74, 6) is 0.315. The van der Waals surface area contributed by atoms with Crippen molar-refractivity contribution in [1.82, 2.24) is 0 Å². The van der Waals surface area contributed by atoms with Gasteiger partial charge in [0.15, 0.2) is 0 Å². The van der Waals surface area contributed by atoms with E-state index < -0.39 is 15.0 Å². The van der Waals surface area contributed by atoms with Crippen LogP contribution in [0.5, 0.6) is 0 Å². The van der Waals surface area contributed by atoms with E-state index >= 15 is 0 Å². The largest absolute Gasteiger partial charge is 0.484 e. The van der Waals surface area contributed by atoms with Gasteiger partial charge in [-0.1, -0.05) is 45.0 Å². The van der Waals surface area contributed by atoms with Gasteiger partial charge >= 0.3 is 9.46 Å². The SMILES string of the molecule is CC(C)c1ccccc1C(C)[Si](F)F. The van der Waals surface area contributed by atoms with E-state index in [1.807, 2.05) is 38.1 Å². The summed E-state index contributed by atoms with van der Waals surface area (Å²) < 4.78 is 25.3. The van der Waals surface area contributed by atoms with Crippen LogP contribution in [0.3, 0.4) is 0 Å². The summed E-state index contributed by atoms with van der Waals surface area (Å²) in [7, 11) is -3.22. The molecule has 1 unspecified atom stereocenters. The molecule has 0 fully saturated rings. The molecule has 0 aliphatic carbocycles. The Hall–Kier alpha value is -0.703. The third-order valence-electron chi connectivity index (χ3n) is 2.41. The quantitative estimate of drug-likeness (QED) is 0.528. The zero-order valence-electron chi connectivity index (χ0n) is 8.72. The molecule has 0 bridgehead atoms. The van der Waals surface area contributed by atoms with Crippen LogP contribution in [0.4, 0.5) is 8.22 Å². The lowest BCUT2D eigenvalue weighted by molar-refractivity contribution is 0.622. The maximum atomic E-state index is 12.7. The summed E-state index contributed by atoms with van der Waals surface area (Å²) in [5, 5.41) is 0. The van der Waals surface area contributed by atoms with Gasteiger partial charge in [-0.15, -0.1) is 0 Å². The van der Waals surface area contributed by atoms with Gasteiger partial charge in [0.05, 0.1) is 0 Å². The van der Waals surface area contributed by atoms with Gasteiger partial charge < -0.3 is 0 Å². The minimum atomic E-state index is -3.22. The molecule has 14 heavy (non-hydrogen) atoms. The Morgan fingerprint density at radius 2 is 1.50 bits per heavy atom. The van der Waals surface area contributed by atoms with Gasteiger partial charge in [-0.3, -0.25) is 8.22 Å². The van der Waals surface area contributed by atoms with Gasteiger partial charge in [0.2, 0.25) is 0 Å². The van der Waals surface area contributed by atoms with Gasteiger partial charge in [0.1, 0.15) is 0 Å². The summed E-state index contributed by atoms with van der Waals surface area (Å²) in [6.45, 7) is 5.69. The first-order valence-corrected chi connectivity index (χ1v) is 6.14. The topological polar surface area (TPSA) is 0 Å². The van der Waals surface area contributed by atoms with E-state index in [4.69, 9.17) is 0 Å². The molecule has 1 rings (SSSR count). The highest BCUT2D eigenvalue weighted by molar-refractivity contribution is 6.44. The molecule has 0 aliphatic rings. The predicted octanol–water partition coefficient (Wildman–Crippen LogP) is 3.88. The molecule has 77 valence electrons. The van der Waals surface area contributed by atoms with Crippen LogP contribution in [0.25, 0.3) is 0 Å². The van der Waals surface area contributed by atoms with Gasteiger partial charge in [-0.2, -0.15) is 0 Å². The highest BCUT2D eigenvalue weighted by atomic mass is 28.4. The molecule has 0 amide bonds. The summed E-state index contributed by atoms with van der Waals surface area (Å²) in [4.78, 5) is 0. The Morgan fingerprint density at radius 1 is 1.00 bits per heavy atom. The second-order valence-electron chi connectivity index (χ2n) is 3.79. The molecule has 0 nitrogen and oxygen atoms in total. The van der Waals surface area contributed by atoms with Gasteiger partial charge in [-0.05, 0) is 17.0 Å². The molecule has 1 aromatic carbocycles. The average molecular weight is 213 g/mol. The zero-order valence-corrected chi connectivity index (χ0v) is 9.72. The van der Waals surface area contributed by atoms with Crippen LogP contribution in [0, 0.1) is 0 Å². The molecule has 1 radical (unpaired) electrons. The molecule has 0 aliphatic heterocycles. The zero-order chi connectivity index (χ0) is 10.7. The van der Waals surface area contributed by atoms with Crippen LogP contribution >= 0.6 is 0 Å². The van der Waals surface area contributed by atoms with Crippen molar-refractivity contribution >= 4 is 9.46 Å². The first-order chi connectivity index (χ1) is 6.54. The van der Waals surface area contributed by atoms with Gasteiger partial charge in [0, 0.05) is 5.54 Å². The predicted molar refractivity (Wildman–Crippen MR) is 56.9 cm³/mol. The van der Waals surface area contributed by atoms with Crippen molar-refractivity contribution in [2.24, 2.45) is 0 Å². The fraction of sp³-hybridized carbons (Fsp3) is 0.455. The number of rotatable bonds is 3. The summed E-state index contributed by atoms with van der Waals surface area (Å²) in [6.07, 6.45) is 0. The minimum Gasteiger partial charge on any atom is -0.267 e. The molecule has 0 heterocycles. The second kappa shape index (κ2) is 4.69. The first-order valence-electron chi connectivity index (χ1n) is 4.80. The maximum Gasteiger partial charge on any atom is 0.484 e. The highest BCUT2D eigenvalue weighted by Gasteiger charge is 2.25. The van der Waals surface area contributed by atoms with E-state index in [1.54, 1.807) is 6.92 Å². The summed E-state index contributed by atoms with van der Waals surface area (Å²) in [6, 6.07) is 7.52. The molecule has 0 saturated heterocycles. The van der Waals surface area contributed by atoms with E-state index in [1.165, 1.54) is 0 Å². The van der Waals surface area contributed by atoms with Crippen molar-refractivity contribution in [3.8, 4) is 0 Å². The van der Waals surface area contributed by atoms with Crippen LogP contribution in [0.2, 0.25) is 0 Å². The van der Waals surface area contributed by atoms with Crippen LogP contribution in [0.15, 0.2) is 24.3 Å². The molecule has 3 heteroatoms. The molecule has 0 N–H and O–H groups in total. The number of hydrogen-bond acceptors (Lipinski definition) is 0. The minimum absolute atomic E-state index is 0.315. The monoisotopic (exact) mass is 213 g/mol. The van der Waals surface area contributed by atoms with Crippen LogP contribution in [0.1, 0.15) is 43.4 Å². The Morgan fingerprint density at radius 3 is 1.93 bits per heavy atom. The molecule has 1 aromatic rings. The summed E-state index contributed by atoms with van der Waals surface area (Å²) in [5.41, 5.74) is 1.30. The second-order valence-corrected chi connectivity index (χ2v) is 5.24. The van der Waals surface area contributed by atoms with E-state index in [0.717, 1.165) is 11.1 Å². The number of hydrogen-bond donors (Lipinski definition) is 0. The molecule has 1 atom stereocenters. The Labute approximate surface area is 85.9 Å². The van der Waals surface area contributed by atoms with Gasteiger partial charge in [0.25, 0.3) is 0 Å². The molecule has 0 saturated carbocycles. The third-order valence-corrected chi connectivity index (χ3v) is 3.38. The standard InChI is InChI=1S/C11H15F2Si/c1-8(2)10-6-4-5-7-11(10)9(3)14(12)13/h4-9H,1-3H3. The number of benzene rings is 1. The van der Waals surface area contributed by atoms with Crippen LogP contribution in [-0.4, -0.2) is 9.46 Å². The summed E-state index contributed by atoms with van der Waals surface area (Å²) >= 11 is 0. The third kappa shape index (κ3) is 2.41. The first kappa shape index (κ1) is 11.4. The van der Waals surface area contributed by atoms with E-state index in [0.29, 0.717) is 5.92 Å². The highest BCUT2D eigenvalue weighted by Crippen LogP contribution is 2.28. The fourth-order valence-corrected chi connectivity index (χ4v) is 2.05. The van der Waals surface area contributed by atoms with Crippen molar-refractivity contribution in [2.75, 3.05) is 0 Å². The molecular formula is C11H15F2Si. The van der Waals surface area contributed by atoms with Crippen molar-refractivity contribution in [3.63, 3.8) is 0 Å². The normalized spacial score (nSPS) is 13.6. The van der Waals surface area contributed by atoms with E-state index in [2.05, 4.69) is 0 Å². The lowest BCUT2D eigenvalue weighted by Crippen LogP contribution is -2.12. The lowest BCUT2D eigenvalue weighted by Gasteiger charge is -2.16. The molecule has 0 aromatic heterocycles.